The number of nitrogens with two attached hydrogens (primary N) is 1. The third kappa shape index (κ3) is 4.07. The predicted molar refractivity (Wildman–Crippen MR) is 95.2 cm³/mol. The minimum atomic E-state index is -0.338. The molecule has 1 amide bonds. The van der Waals surface area contributed by atoms with E-state index in [9.17, 15) is 9.18 Å². The molecule has 128 valence electrons. The number of hydrogen-bond acceptors (Lipinski definition) is 5. The molecule has 3 aromatic rings. The van der Waals surface area contributed by atoms with Gasteiger partial charge < -0.3 is 16.4 Å². The van der Waals surface area contributed by atoms with Crippen molar-refractivity contribution < 1.29 is 9.18 Å². The van der Waals surface area contributed by atoms with Gasteiger partial charge in [-0.2, -0.15) is 0 Å². The topological polar surface area (TPSA) is 92.9 Å². The Bertz CT molecular complexity index is 882. The summed E-state index contributed by atoms with van der Waals surface area (Å²) in [6, 6.07) is 13.1. The zero-order valence-electron chi connectivity index (χ0n) is 13.5. The van der Waals surface area contributed by atoms with Crippen molar-refractivity contribution in [1.29, 1.82) is 0 Å². The van der Waals surface area contributed by atoms with E-state index in [1.165, 1.54) is 12.1 Å². The Kier molecular flexibility index (Phi) is 5.15. The van der Waals surface area contributed by atoms with Crippen LogP contribution in [-0.2, 0) is 0 Å². The molecule has 3 rings (SSSR count). The van der Waals surface area contributed by atoms with Crippen molar-refractivity contribution in [2.45, 2.75) is 6.42 Å². The van der Waals surface area contributed by atoms with E-state index in [0.29, 0.717) is 42.0 Å². The van der Waals surface area contributed by atoms with E-state index >= 15 is 0 Å². The van der Waals surface area contributed by atoms with E-state index in [1.807, 2.05) is 18.2 Å². The second-order valence-electron chi connectivity index (χ2n) is 5.44. The molecule has 0 fully saturated rings. The van der Waals surface area contributed by atoms with Gasteiger partial charge in [-0.05, 0) is 49.4 Å². The van der Waals surface area contributed by atoms with Crippen molar-refractivity contribution in [2.24, 2.45) is 5.73 Å². The Hall–Kier alpha value is -3.06. The van der Waals surface area contributed by atoms with E-state index in [-0.39, 0.29) is 17.4 Å². The molecule has 0 saturated heterocycles. The summed E-state index contributed by atoms with van der Waals surface area (Å²) < 4.78 is 13.1. The number of hydrogen-bond donors (Lipinski definition) is 3. The average molecular weight is 339 g/mol. The highest BCUT2D eigenvalue weighted by Gasteiger charge is 2.16. The zero-order valence-corrected chi connectivity index (χ0v) is 13.5. The molecule has 1 heterocycles. The van der Waals surface area contributed by atoms with Crippen molar-refractivity contribution in [3.8, 4) is 0 Å². The molecular weight excluding hydrogens is 321 g/mol. The molecule has 0 aliphatic rings. The highest BCUT2D eigenvalue weighted by Crippen LogP contribution is 2.21. The third-order valence-electron chi connectivity index (χ3n) is 3.56. The summed E-state index contributed by atoms with van der Waals surface area (Å²) in [5.74, 6) is -0.359. The van der Waals surface area contributed by atoms with Gasteiger partial charge in [0.15, 0.2) is 11.5 Å². The Balaban J connectivity index is 1.96. The Morgan fingerprint density at radius 1 is 1.04 bits per heavy atom. The summed E-state index contributed by atoms with van der Waals surface area (Å²) in [6.45, 7) is 0.949. The first-order valence-corrected chi connectivity index (χ1v) is 7.95. The average Bonchev–Trinajstić information content (AvgIpc) is 2.63. The molecule has 0 unspecified atom stereocenters. The molecule has 1 aromatic heterocycles. The van der Waals surface area contributed by atoms with Crippen LogP contribution < -0.4 is 16.4 Å². The quantitative estimate of drug-likeness (QED) is 0.600. The summed E-state index contributed by atoms with van der Waals surface area (Å²) in [5, 5.41) is 5.82. The van der Waals surface area contributed by atoms with Gasteiger partial charge in [-0.1, -0.05) is 12.1 Å². The van der Waals surface area contributed by atoms with Gasteiger partial charge in [-0.25, -0.2) is 14.4 Å². The number of benzene rings is 2. The number of aromatic nitrogens is 2. The van der Waals surface area contributed by atoms with Gasteiger partial charge in [0, 0.05) is 12.2 Å². The molecule has 2 aromatic carbocycles. The normalized spacial score (nSPS) is 10.6. The van der Waals surface area contributed by atoms with Crippen LogP contribution in [-0.4, -0.2) is 29.0 Å². The maximum absolute atomic E-state index is 13.1. The van der Waals surface area contributed by atoms with Gasteiger partial charge in [0.05, 0.1) is 11.0 Å². The first kappa shape index (κ1) is 16.8. The second-order valence-corrected chi connectivity index (χ2v) is 5.44. The summed E-state index contributed by atoms with van der Waals surface area (Å²) in [7, 11) is 0. The molecule has 4 N–H and O–H groups in total. The lowest BCUT2D eigenvalue weighted by Gasteiger charge is -2.12. The van der Waals surface area contributed by atoms with E-state index in [0.717, 1.165) is 0 Å². The van der Waals surface area contributed by atoms with E-state index in [1.54, 1.807) is 18.2 Å². The molecule has 0 saturated carbocycles. The Labute approximate surface area is 144 Å². The van der Waals surface area contributed by atoms with E-state index < -0.39 is 0 Å². The summed E-state index contributed by atoms with van der Waals surface area (Å²) in [5.41, 5.74) is 7.52. The molecule has 0 spiro atoms. The number of amides is 1. The minimum absolute atomic E-state index is 0.181. The van der Waals surface area contributed by atoms with Crippen molar-refractivity contribution in [3.05, 3.63) is 60.0 Å². The lowest BCUT2D eigenvalue weighted by atomic mass is 10.2. The molecule has 25 heavy (non-hydrogen) atoms. The van der Waals surface area contributed by atoms with Gasteiger partial charge in [-0.15, -0.1) is 0 Å². The lowest BCUT2D eigenvalue weighted by molar-refractivity contribution is 0.0949. The third-order valence-corrected chi connectivity index (χ3v) is 3.56. The number of rotatable bonds is 6. The summed E-state index contributed by atoms with van der Waals surface area (Å²) >= 11 is 0. The SMILES string of the molecule is NCCCNC(=O)c1nc2ccccc2nc1Nc1ccc(F)cc1. The van der Waals surface area contributed by atoms with Crippen LogP contribution in [0, 0.1) is 5.82 Å². The van der Waals surface area contributed by atoms with Crippen LogP contribution in [0.3, 0.4) is 0 Å². The molecule has 6 nitrogen and oxygen atoms in total. The lowest BCUT2D eigenvalue weighted by Crippen LogP contribution is -2.27. The summed E-state index contributed by atoms with van der Waals surface area (Å²) in [4.78, 5) is 21.4. The van der Waals surface area contributed by atoms with E-state index in [4.69, 9.17) is 5.73 Å². The zero-order chi connectivity index (χ0) is 17.6. The van der Waals surface area contributed by atoms with Crippen LogP contribution in [0.5, 0.6) is 0 Å². The number of fused-ring (bicyclic) bond motifs is 1. The maximum Gasteiger partial charge on any atom is 0.273 e. The number of nitrogens with one attached hydrogen (secondary N) is 2. The van der Waals surface area contributed by atoms with Gasteiger partial charge in [0.25, 0.3) is 5.91 Å². The highest BCUT2D eigenvalue weighted by molar-refractivity contribution is 5.99. The van der Waals surface area contributed by atoms with Crippen LogP contribution in [0.25, 0.3) is 11.0 Å². The number of carbonyl (C=O) groups is 1. The van der Waals surface area contributed by atoms with Crippen LogP contribution in [0.1, 0.15) is 16.9 Å². The van der Waals surface area contributed by atoms with Crippen LogP contribution in [0.2, 0.25) is 0 Å². The van der Waals surface area contributed by atoms with Crippen molar-refractivity contribution in [1.82, 2.24) is 15.3 Å². The molecule has 0 radical (unpaired) electrons. The number of nitrogens with zero attached hydrogens (tertiary/aromatic N) is 2. The van der Waals surface area contributed by atoms with Crippen LogP contribution >= 0.6 is 0 Å². The molecule has 7 heteroatoms. The van der Waals surface area contributed by atoms with Crippen molar-refractivity contribution in [3.63, 3.8) is 0 Å². The molecule has 0 aliphatic carbocycles. The smallest absolute Gasteiger partial charge is 0.273 e. The first-order valence-electron chi connectivity index (χ1n) is 7.95. The minimum Gasteiger partial charge on any atom is -0.351 e. The standard InChI is InChI=1S/C18H18FN5O/c19-12-6-8-13(9-7-12)22-17-16(18(25)21-11-3-10-20)23-14-4-1-2-5-15(14)24-17/h1-2,4-9H,3,10-11,20H2,(H,21,25)(H,22,24). The maximum atomic E-state index is 13.1. The molecule has 0 atom stereocenters. The van der Waals surface area contributed by atoms with Gasteiger partial charge in [0.2, 0.25) is 0 Å². The molecule has 0 aliphatic heterocycles. The monoisotopic (exact) mass is 339 g/mol. The largest absolute Gasteiger partial charge is 0.351 e. The fourth-order valence-corrected chi connectivity index (χ4v) is 2.30. The Morgan fingerprint density at radius 3 is 2.40 bits per heavy atom. The van der Waals surface area contributed by atoms with Gasteiger partial charge in [0.1, 0.15) is 5.82 Å². The summed E-state index contributed by atoms with van der Waals surface area (Å²) in [6.07, 6.45) is 0.674. The Morgan fingerprint density at radius 2 is 1.72 bits per heavy atom. The molecular formula is C18H18FN5O. The first-order chi connectivity index (χ1) is 12.2. The fraction of sp³-hybridized carbons (Fsp3) is 0.167. The van der Waals surface area contributed by atoms with Gasteiger partial charge in [-0.3, -0.25) is 4.79 Å². The second kappa shape index (κ2) is 7.67. The number of carbonyl (C=O) groups excluding carboxylic acids is 1. The number of halogens is 1. The van der Waals surface area contributed by atoms with Crippen molar-refractivity contribution >= 4 is 28.4 Å². The number of anilines is 2. The van der Waals surface area contributed by atoms with Crippen LogP contribution in [0.15, 0.2) is 48.5 Å². The van der Waals surface area contributed by atoms with Gasteiger partial charge >= 0.3 is 0 Å². The fourth-order valence-electron chi connectivity index (χ4n) is 2.30. The highest BCUT2D eigenvalue weighted by atomic mass is 19.1. The number of para-hydroxylation sites is 2. The van der Waals surface area contributed by atoms with Crippen LogP contribution in [0.4, 0.5) is 15.9 Å². The van der Waals surface area contributed by atoms with E-state index in [2.05, 4.69) is 20.6 Å². The predicted octanol–water partition coefficient (Wildman–Crippen LogP) is 2.59. The van der Waals surface area contributed by atoms with Crippen molar-refractivity contribution in [2.75, 3.05) is 18.4 Å². The molecule has 0 bridgehead atoms.